The molecule has 0 spiro atoms. The summed E-state index contributed by atoms with van der Waals surface area (Å²) in [6.07, 6.45) is 0.883. The number of ether oxygens (including phenoxy) is 2. The van der Waals surface area contributed by atoms with Crippen LogP contribution in [0.1, 0.15) is 37.0 Å². The molecule has 2 unspecified atom stereocenters. The first-order valence-electron chi connectivity index (χ1n) is 15.9. The first-order chi connectivity index (χ1) is 23.0. The van der Waals surface area contributed by atoms with Crippen molar-refractivity contribution in [3.05, 3.63) is 120 Å². The van der Waals surface area contributed by atoms with E-state index in [2.05, 4.69) is 5.32 Å². The molecular weight excluding hydrogens is 633 g/mol. The van der Waals surface area contributed by atoms with E-state index in [-0.39, 0.29) is 47.9 Å². The molecule has 9 nitrogen and oxygen atoms in total. The van der Waals surface area contributed by atoms with Crippen LogP contribution in [0.5, 0.6) is 11.5 Å². The molecule has 0 fully saturated rings. The van der Waals surface area contributed by atoms with Crippen molar-refractivity contribution in [1.82, 2.24) is 10.2 Å². The molecule has 4 aromatic carbocycles. The molecule has 1 N–H and O–H groups in total. The number of fused-ring (bicyclic) bond motifs is 1. The third-order valence-electron chi connectivity index (χ3n) is 8.24. The molecule has 2 atom stereocenters. The van der Waals surface area contributed by atoms with Crippen LogP contribution in [0.15, 0.2) is 102 Å². The average molecular weight is 674 g/mol. The summed E-state index contributed by atoms with van der Waals surface area (Å²) >= 11 is 0. The van der Waals surface area contributed by atoms with Crippen molar-refractivity contribution < 1.29 is 31.9 Å². The van der Waals surface area contributed by atoms with Gasteiger partial charge in [-0.1, -0.05) is 67.1 Å². The summed E-state index contributed by atoms with van der Waals surface area (Å²) in [4.78, 5) is 29.8. The van der Waals surface area contributed by atoms with Gasteiger partial charge < -0.3 is 19.7 Å². The topological polar surface area (TPSA) is 105 Å². The fourth-order valence-electron chi connectivity index (χ4n) is 5.33. The van der Waals surface area contributed by atoms with Crippen LogP contribution in [-0.4, -0.2) is 57.0 Å². The monoisotopic (exact) mass is 673 g/mol. The minimum absolute atomic E-state index is 0.0475. The number of nitrogens with one attached hydrogen (secondary N) is 1. The lowest BCUT2D eigenvalue weighted by atomic mass is 10.0. The maximum atomic E-state index is 14.6. The van der Waals surface area contributed by atoms with Crippen LogP contribution in [0.2, 0.25) is 0 Å². The van der Waals surface area contributed by atoms with E-state index in [9.17, 15) is 22.4 Å². The summed E-state index contributed by atoms with van der Waals surface area (Å²) in [7, 11) is -4.41. The molecule has 0 saturated heterocycles. The molecule has 252 valence electrons. The Morgan fingerprint density at radius 2 is 1.54 bits per heavy atom. The number of sulfonamides is 1. The van der Waals surface area contributed by atoms with E-state index >= 15 is 0 Å². The second kappa shape index (κ2) is 15.3. The van der Waals surface area contributed by atoms with Gasteiger partial charge in [0.1, 0.15) is 31.6 Å². The SMILES string of the molecule is CCC(C)NC(=O)C(Cc1ccccc1)N(Cc1ccc(C)cc1)C(=O)CN(c1ccc(F)cc1)S(=O)(=O)c1ccc2c(c1)OCCO2. The first-order valence-corrected chi connectivity index (χ1v) is 17.4. The number of hydrogen-bond donors (Lipinski definition) is 1. The smallest absolute Gasteiger partial charge is 0.264 e. The van der Waals surface area contributed by atoms with E-state index in [4.69, 9.17) is 9.47 Å². The maximum absolute atomic E-state index is 14.6. The van der Waals surface area contributed by atoms with Gasteiger partial charge in [0.2, 0.25) is 11.8 Å². The Labute approximate surface area is 281 Å². The number of aryl methyl sites for hydroxylation is 1. The van der Waals surface area contributed by atoms with Crippen LogP contribution in [0.4, 0.5) is 10.1 Å². The molecule has 48 heavy (non-hydrogen) atoms. The van der Waals surface area contributed by atoms with E-state index in [1.807, 2.05) is 75.4 Å². The number of anilines is 1. The summed E-state index contributed by atoms with van der Waals surface area (Å²) in [6, 6.07) is 25.0. The molecule has 2 amide bonds. The van der Waals surface area contributed by atoms with Crippen molar-refractivity contribution in [2.75, 3.05) is 24.1 Å². The van der Waals surface area contributed by atoms with Crippen molar-refractivity contribution in [2.45, 2.75) is 57.1 Å². The number of amides is 2. The molecule has 1 aliphatic rings. The number of rotatable bonds is 13. The molecule has 4 aromatic rings. The average Bonchev–Trinajstić information content (AvgIpc) is 3.10. The second-order valence-electron chi connectivity index (χ2n) is 11.8. The normalized spacial score (nSPS) is 13.7. The quantitative estimate of drug-likeness (QED) is 0.197. The highest BCUT2D eigenvalue weighted by Gasteiger charge is 2.35. The molecule has 5 rings (SSSR count). The molecular formula is C37H40FN3O6S. The van der Waals surface area contributed by atoms with Crippen LogP contribution >= 0.6 is 0 Å². The molecule has 0 aromatic heterocycles. The third-order valence-corrected chi connectivity index (χ3v) is 10.0. The zero-order valence-electron chi connectivity index (χ0n) is 27.3. The van der Waals surface area contributed by atoms with Crippen LogP contribution < -0.4 is 19.1 Å². The Bertz CT molecular complexity index is 1820. The van der Waals surface area contributed by atoms with Gasteiger partial charge in [-0.25, -0.2) is 12.8 Å². The van der Waals surface area contributed by atoms with Gasteiger partial charge in [-0.3, -0.25) is 13.9 Å². The lowest BCUT2D eigenvalue weighted by Crippen LogP contribution is -2.54. The standard InChI is InChI=1S/C37H40FN3O6S/c1-4-27(3)39-37(43)33(22-28-8-6-5-7-9-28)40(24-29-12-10-26(2)11-13-29)36(42)25-41(31-16-14-30(38)15-17-31)48(44,45)32-18-19-34-35(23-32)47-21-20-46-34/h5-19,23,27,33H,4,20-22,24-25H2,1-3H3,(H,39,43). The van der Waals surface area contributed by atoms with Gasteiger partial charge in [0.15, 0.2) is 11.5 Å². The van der Waals surface area contributed by atoms with Crippen molar-refractivity contribution in [3.8, 4) is 11.5 Å². The van der Waals surface area contributed by atoms with Crippen LogP contribution in [-0.2, 0) is 32.6 Å². The molecule has 1 heterocycles. The van der Waals surface area contributed by atoms with Crippen molar-refractivity contribution >= 4 is 27.5 Å². The highest BCUT2D eigenvalue weighted by atomic mass is 32.2. The summed E-state index contributed by atoms with van der Waals surface area (Å²) in [5, 5.41) is 3.02. The maximum Gasteiger partial charge on any atom is 0.264 e. The molecule has 1 aliphatic heterocycles. The third kappa shape index (κ3) is 8.32. The van der Waals surface area contributed by atoms with E-state index < -0.39 is 34.3 Å². The van der Waals surface area contributed by atoms with Gasteiger partial charge in [0, 0.05) is 25.1 Å². The molecule has 0 aliphatic carbocycles. The fraction of sp³-hybridized carbons (Fsp3) is 0.297. The molecule has 11 heteroatoms. The molecule has 0 saturated carbocycles. The summed E-state index contributed by atoms with van der Waals surface area (Å²) in [5.41, 5.74) is 2.72. The van der Waals surface area contributed by atoms with E-state index in [1.165, 1.54) is 35.2 Å². The van der Waals surface area contributed by atoms with Crippen LogP contribution in [0, 0.1) is 12.7 Å². The Hall–Kier alpha value is -4.90. The van der Waals surface area contributed by atoms with Crippen LogP contribution in [0.3, 0.4) is 0 Å². The van der Waals surface area contributed by atoms with Gasteiger partial charge in [-0.15, -0.1) is 0 Å². The second-order valence-corrected chi connectivity index (χ2v) is 13.7. The van der Waals surface area contributed by atoms with Gasteiger partial charge in [0.25, 0.3) is 10.0 Å². The van der Waals surface area contributed by atoms with Crippen molar-refractivity contribution in [1.29, 1.82) is 0 Å². The number of carbonyl (C=O) groups is 2. The largest absolute Gasteiger partial charge is 0.486 e. The summed E-state index contributed by atoms with van der Waals surface area (Å²) < 4.78 is 54.8. The van der Waals surface area contributed by atoms with Gasteiger partial charge in [-0.2, -0.15) is 0 Å². The van der Waals surface area contributed by atoms with Gasteiger partial charge in [0.05, 0.1) is 10.6 Å². The number of nitrogens with zero attached hydrogens (tertiary/aromatic N) is 2. The predicted octanol–water partition coefficient (Wildman–Crippen LogP) is 5.66. The Morgan fingerprint density at radius 3 is 2.21 bits per heavy atom. The van der Waals surface area contributed by atoms with E-state index in [1.54, 1.807) is 0 Å². The highest BCUT2D eigenvalue weighted by Crippen LogP contribution is 2.34. The summed E-state index contributed by atoms with van der Waals surface area (Å²) in [5.74, 6) is -0.853. The van der Waals surface area contributed by atoms with E-state index in [0.29, 0.717) is 18.8 Å². The van der Waals surface area contributed by atoms with Crippen molar-refractivity contribution in [2.24, 2.45) is 0 Å². The zero-order valence-corrected chi connectivity index (χ0v) is 28.1. The first kappa shape index (κ1) is 34.4. The lowest BCUT2D eigenvalue weighted by molar-refractivity contribution is -0.140. The summed E-state index contributed by atoms with van der Waals surface area (Å²) in [6.45, 7) is 5.78. The Balaban J connectivity index is 1.57. The number of halogens is 1. The molecule has 0 radical (unpaired) electrons. The highest BCUT2D eigenvalue weighted by molar-refractivity contribution is 7.92. The minimum atomic E-state index is -4.41. The Kier molecular flexibility index (Phi) is 11.0. The Morgan fingerprint density at radius 1 is 0.875 bits per heavy atom. The number of benzene rings is 4. The van der Waals surface area contributed by atoms with Gasteiger partial charge in [-0.05, 0) is 67.8 Å². The van der Waals surface area contributed by atoms with Crippen molar-refractivity contribution in [3.63, 3.8) is 0 Å². The van der Waals surface area contributed by atoms with Crippen LogP contribution in [0.25, 0.3) is 0 Å². The lowest BCUT2D eigenvalue weighted by Gasteiger charge is -2.34. The fourth-order valence-corrected chi connectivity index (χ4v) is 6.76. The number of carbonyl (C=O) groups excluding carboxylic acids is 2. The van der Waals surface area contributed by atoms with Gasteiger partial charge >= 0.3 is 0 Å². The number of hydrogen-bond acceptors (Lipinski definition) is 6. The predicted molar refractivity (Wildman–Crippen MR) is 182 cm³/mol. The minimum Gasteiger partial charge on any atom is -0.486 e. The van der Waals surface area contributed by atoms with E-state index in [0.717, 1.165) is 33.1 Å². The molecule has 0 bridgehead atoms. The zero-order chi connectivity index (χ0) is 34.3.